The lowest BCUT2D eigenvalue weighted by Crippen LogP contribution is -2.42. The Balaban J connectivity index is 3.62. The molecule has 0 heterocycles. The lowest BCUT2D eigenvalue weighted by atomic mass is 10.1. The summed E-state index contributed by atoms with van der Waals surface area (Å²) in [7, 11) is 0. The molecule has 0 bridgehead atoms. The molecule has 0 aliphatic rings. The zero-order valence-corrected chi connectivity index (χ0v) is 13.9. The molecule has 23 heavy (non-hydrogen) atoms. The monoisotopic (exact) mass is 332 g/mol. The SMILES string of the molecule is CCCCC(NC(=O)COCCOCCNC(=O)CC)C(=O)O. The highest BCUT2D eigenvalue weighted by molar-refractivity contribution is 5.84. The van der Waals surface area contributed by atoms with E-state index >= 15 is 0 Å². The maximum Gasteiger partial charge on any atom is 0.326 e. The van der Waals surface area contributed by atoms with Crippen molar-refractivity contribution < 1.29 is 29.0 Å². The van der Waals surface area contributed by atoms with Crippen LogP contribution in [0.5, 0.6) is 0 Å². The molecule has 8 heteroatoms. The Morgan fingerprint density at radius 1 is 1.04 bits per heavy atom. The number of carboxylic acids is 1. The largest absolute Gasteiger partial charge is 0.480 e. The quantitative estimate of drug-likeness (QED) is 0.394. The van der Waals surface area contributed by atoms with E-state index in [9.17, 15) is 14.4 Å². The van der Waals surface area contributed by atoms with Gasteiger partial charge in [-0.05, 0) is 6.42 Å². The first kappa shape index (κ1) is 21.3. The summed E-state index contributed by atoms with van der Waals surface area (Å²) >= 11 is 0. The molecule has 8 nitrogen and oxygen atoms in total. The van der Waals surface area contributed by atoms with Crippen LogP contribution in [0.3, 0.4) is 0 Å². The van der Waals surface area contributed by atoms with E-state index in [1.165, 1.54) is 0 Å². The standard InChI is InChI=1S/C15H28N2O6/c1-3-5-6-12(15(20)21)17-14(19)11-23-10-9-22-8-7-16-13(18)4-2/h12H,3-11H2,1-2H3,(H,16,18)(H,17,19)(H,20,21). The zero-order valence-electron chi connectivity index (χ0n) is 13.9. The van der Waals surface area contributed by atoms with Gasteiger partial charge >= 0.3 is 5.97 Å². The second kappa shape index (κ2) is 14.0. The van der Waals surface area contributed by atoms with E-state index in [-0.39, 0.29) is 19.1 Å². The van der Waals surface area contributed by atoms with Crippen molar-refractivity contribution >= 4 is 17.8 Å². The van der Waals surface area contributed by atoms with E-state index in [0.29, 0.717) is 32.6 Å². The van der Waals surface area contributed by atoms with Gasteiger partial charge in [0.15, 0.2) is 0 Å². The molecule has 0 saturated carbocycles. The van der Waals surface area contributed by atoms with Crippen molar-refractivity contribution in [3.8, 4) is 0 Å². The van der Waals surface area contributed by atoms with Crippen LogP contribution in [-0.4, -0.2) is 61.9 Å². The summed E-state index contributed by atoms with van der Waals surface area (Å²) in [6.45, 7) is 4.86. The van der Waals surface area contributed by atoms with Crippen molar-refractivity contribution in [1.82, 2.24) is 10.6 Å². The molecule has 134 valence electrons. The number of carbonyl (C=O) groups excluding carboxylic acids is 2. The summed E-state index contributed by atoms with van der Waals surface area (Å²) in [5.74, 6) is -1.52. The summed E-state index contributed by atoms with van der Waals surface area (Å²) < 4.78 is 10.3. The third-order valence-electron chi connectivity index (χ3n) is 2.97. The summed E-state index contributed by atoms with van der Waals surface area (Å²) in [5, 5.41) is 14.1. The van der Waals surface area contributed by atoms with Gasteiger partial charge in [0.2, 0.25) is 11.8 Å². The maximum atomic E-state index is 11.6. The fraction of sp³-hybridized carbons (Fsp3) is 0.800. The lowest BCUT2D eigenvalue weighted by Gasteiger charge is -2.14. The summed E-state index contributed by atoms with van der Waals surface area (Å²) in [6, 6.07) is -0.871. The predicted molar refractivity (Wildman–Crippen MR) is 84.0 cm³/mol. The molecule has 1 unspecified atom stereocenters. The van der Waals surface area contributed by atoms with Crippen molar-refractivity contribution in [2.24, 2.45) is 0 Å². The molecule has 0 aliphatic heterocycles. The normalized spacial score (nSPS) is 11.7. The minimum absolute atomic E-state index is 0.0300. The van der Waals surface area contributed by atoms with Gasteiger partial charge in [0.05, 0.1) is 19.8 Å². The van der Waals surface area contributed by atoms with Crippen LogP contribution in [0.2, 0.25) is 0 Å². The molecule has 0 radical (unpaired) electrons. The van der Waals surface area contributed by atoms with E-state index in [1.807, 2.05) is 6.92 Å². The van der Waals surface area contributed by atoms with Crippen LogP contribution in [0.15, 0.2) is 0 Å². The van der Waals surface area contributed by atoms with Crippen molar-refractivity contribution in [2.75, 3.05) is 33.0 Å². The Bertz CT molecular complexity index is 362. The number of hydrogen-bond acceptors (Lipinski definition) is 5. The summed E-state index contributed by atoms with van der Waals surface area (Å²) in [4.78, 5) is 33.5. The van der Waals surface area contributed by atoms with Gasteiger partial charge in [-0.25, -0.2) is 4.79 Å². The molecule has 0 aromatic carbocycles. The van der Waals surface area contributed by atoms with Crippen LogP contribution < -0.4 is 10.6 Å². The number of rotatable bonds is 14. The van der Waals surface area contributed by atoms with Crippen LogP contribution in [0, 0.1) is 0 Å². The van der Waals surface area contributed by atoms with Crippen LogP contribution in [0.1, 0.15) is 39.5 Å². The number of unbranched alkanes of at least 4 members (excludes halogenated alkanes) is 1. The van der Waals surface area contributed by atoms with Crippen LogP contribution in [0.25, 0.3) is 0 Å². The second-order valence-electron chi connectivity index (χ2n) is 4.97. The van der Waals surface area contributed by atoms with E-state index in [4.69, 9.17) is 14.6 Å². The Kier molecular flexibility index (Phi) is 12.9. The van der Waals surface area contributed by atoms with Crippen LogP contribution in [0.4, 0.5) is 0 Å². The first-order valence-electron chi connectivity index (χ1n) is 7.95. The van der Waals surface area contributed by atoms with Crippen molar-refractivity contribution in [3.05, 3.63) is 0 Å². The molecular formula is C15H28N2O6. The van der Waals surface area contributed by atoms with Crippen molar-refractivity contribution in [1.29, 1.82) is 0 Å². The Morgan fingerprint density at radius 3 is 2.35 bits per heavy atom. The fourth-order valence-corrected chi connectivity index (χ4v) is 1.67. The zero-order chi connectivity index (χ0) is 17.5. The number of carboxylic acid groups (broad SMARTS) is 1. The highest BCUT2D eigenvalue weighted by atomic mass is 16.5. The number of aliphatic carboxylic acids is 1. The highest BCUT2D eigenvalue weighted by Crippen LogP contribution is 2.00. The molecule has 1 atom stereocenters. The van der Waals surface area contributed by atoms with E-state index in [2.05, 4.69) is 10.6 Å². The minimum atomic E-state index is -1.04. The van der Waals surface area contributed by atoms with Gasteiger partial charge in [0.25, 0.3) is 0 Å². The fourth-order valence-electron chi connectivity index (χ4n) is 1.67. The van der Waals surface area contributed by atoms with Gasteiger partial charge in [0, 0.05) is 13.0 Å². The van der Waals surface area contributed by atoms with E-state index in [0.717, 1.165) is 12.8 Å². The topological polar surface area (TPSA) is 114 Å². The molecule has 0 spiro atoms. The number of amides is 2. The molecule has 0 aromatic rings. The number of ether oxygens (including phenoxy) is 2. The molecule has 2 amide bonds. The molecule has 0 saturated heterocycles. The number of hydrogen-bond donors (Lipinski definition) is 3. The molecule has 0 aliphatic carbocycles. The van der Waals surface area contributed by atoms with Gasteiger partial charge in [-0.3, -0.25) is 9.59 Å². The third-order valence-corrected chi connectivity index (χ3v) is 2.97. The minimum Gasteiger partial charge on any atom is -0.480 e. The van der Waals surface area contributed by atoms with Gasteiger partial charge in [-0.2, -0.15) is 0 Å². The summed E-state index contributed by atoms with van der Waals surface area (Å²) in [5.41, 5.74) is 0. The van der Waals surface area contributed by atoms with Crippen molar-refractivity contribution in [2.45, 2.75) is 45.6 Å². The number of nitrogens with one attached hydrogen (secondary N) is 2. The third kappa shape index (κ3) is 12.5. The molecule has 0 fully saturated rings. The number of carbonyl (C=O) groups is 3. The maximum absolute atomic E-state index is 11.6. The smallest absolute Gasteiger partial charge is 0.326 e. The van der Waals surface area contributed by atoms with Gasteiger partial charge in [-0.15, -0.1) is 0 Å². The second-order valence-corrected chi connectivity index (χ2v) is 4.97. The first-order chi connectivity index (χ1) is 11.0. The van der Waals surface area contributed by atoms with E-state index < -0.39 is 17.9 Å². The lowest BCUT2D eigenvalue weighted by molar-refractivity contribution is -0.142. The Morgan fingerprint density at radius 2 is 1.74 bits per heavy atom. The van der Waals surface area contributed by atoms with Crippen LogP contribution >= 0.6 is 0 Å². The Labute approximate surface area is 136 Å². The predicted octanol–water partition coefficient (Wildman–Crippen LogP) is 0.305. The van der Waals surface area contributed by atoms with E-state index in [1.54, 1.807) is 6.92 Å². The van der Waals surface area contributed by atoms with Crippen LogP contribution in [-0.2, 0) is 23.9 Å². The van der Waals surface area contributed by atoms with Gasteiger partial charge in [-0.1, -0.05) is 26.7 Å². The molecular weight excluding hydrogens is 304 g/mol. The summed E-state index contributed by atoms with van der Waals surface area (Å²) in [6.07, 6.45) is 2.45. The van der Waals surface area contributed by atoms with Gasteiger partial charge < -0.3 is 25.2 Å². The highest BCUT2D eigenvalue weighted by Gasteiger charge is 2.18. The average molecular weight is 332 g/mol. The van der Waals surface area contributed by atoms with Gasteiger partial charge in [0.1, 0.15) is 12.6 Å². The molecule has 0 aromatic heterocycles. The first-order valence-corrected chi connectivity index (χ1v) is 7.95. The van der Waals surface area contributed by atoms with Crippen molar-refractivity contribution in [3.63, 3.8) is 0 Å². The molecule has 3 N–H and O–H groups in total. The Hall–Kier alpha value is -1.67. The molecule has 0 rings (SSSR count). The average Bonchev–Trinajstić information content (AvgIpc) is 2.53.